The third-order valence-electron chi connectivity index (χ3n) is 3.06. The standard InChI is InChI=1S/C15H13F3N2O3/c16-15(17,18)23-10-5-6-12(13(7-10)14(21)22)11-4-2-1-3-9(11)8-20-19/h1-7,20H,8,19H2,(H,21,22). The van der Waals surface area contributed by atoms with E-state index in [1.165, 1.54) is 6.07 Å². The minimum Gasteiger partial charge on any atom is -0.478 e. The van der Waals surface area contributed by atoms with E-state index in [-0.39, 0.29) is 17.7 Å². The average Bonchev–Trinajstić information content (AvgIpc) is 2.46. The number of carboxylic acid groups (broad SMARTS) is 1. The molecule has 0 radical (unpaired) electrons. The van der Waals surface area contributed by atoms with E-state index in [1.54, 1.807) is 24.3 Å². The minimum absolute atomic E-state index is 0.274. The van der Waals surface area contributed by atoms with Gasteiger partial charge in [-0.1, -0.05) is 24.3 Å². The molecule has 0 saturated carbocycles. The molecular weight excluding hydrogens is 313 g/mol. The first kappa shape index (κ1) is 16.8. The van der Waals surface area contributed by atoms with E-state index in [4.69, 9.17) is 5.84 Å². The van der Waals surface area contributed by atoms with E-state index in [0.717, 1.165) is 12.1 Å². The Morgan fingerprint density at radius 2 is 1.87 bits per heavy atom. The van der Waals surface area contributed by atoms with Crippen molar-refractivity contribution in [3.05, 3.63) is 53.6 Å². The van der Waals surface area contributed by atoms with Crippen molar-refractivity contribution in [1.29, 1.82) is 0 Å². The number of aromatic carboxylic acids is 1. The summed E-state index contributed by atoms with van der Waals surface area (Å²) in [6, 6.07) is 10.0. The number of carboxylic acids is 1. The lowest BCUT2D eigenvalue weighted by Crippen LogP contribution is -2.21. The smallest absolute Gasteiger partial charge is 0.478 e. The molecule has 0 saturated heterocycles. The first-order chi connectivity index (χ1) is 10.8. The molecule has 2 rings (SSSR count). The van der Waals surface area contributed by atoms with Crippen molar-refractivity contribution < 1.29 is 27.8 Å². The van der Waals surface area contributed by atoms with E-state index >= 15 is 0 Å². The Hall–Kier alpha value is -2.58. The monoisotopic (exact) mass is 326 g/mol. The maximum absolute atomic E-state index is 12.3. The number of hydrogen-bond donors (Lipinski definition) is 3. The lowest BCUT2D eigenvalue weighted by Gasteiger charge is -2.14. The molecule has 8 heteroatoms. The largest absolute Gasteiger partial charge is 0.573 e. The van der Waals surface area contributed by atoms with E-state index in [1.807, 2.05) is 0 Å². The summed E-state index contributed by atoms with van der Waals surface area (Å²) in [6.07, 6.45) is -4.89. The summed E-state index contributed by atoms with van der Waals surface area (Å²) in [6.45, 7) is 0.274. The van der Waals surface area contributed by atoms with Gasteiger partial charge in [0.15, 0.2) is 0 Å². The number of hydrazine groups is 1. The van der Waals surface area contributed by atoms with Crippen molar-refractivity contribution in [2.75, 3.05) is 0 Å². The predicted octanol–water partition coefficient (Wildman–Crippen LogP) is 2.91. The molecule has 122 valence electrons. The average molecular weight is 326 g/mol. The van der Waals surface area contributed by atoms with Crippen LogP contribution in [0, 0.1) is 0 Å². The van der Waals surface area contributed by atoms with Gasteiger partial charge in [-0.05, 0) is 34.9 Å². The second-order valence-corrected chi connectivity index (χ2v) is 4.60. The molecule has 2 aromatic rings. The van der Waals surface area contributed by atoms with Gasteiger partial charge in [-0.15, -0.1) is 13.2 Å². The fraction of sp³-hybridized carbons (Fsp3) is 0.133. The highest BCUT2D eigenvalue weighted by Crippen LogP contribution is 2.32. The number of nitrogens with two attached hydrogens (primary N) is 1. The molecule has 0 unspecified atom stereocenters. The van der Waals surface area contributed by atoms with Crippen LogP contribution in [0.25, 0.3) is 11.1 Å². The Morgan fingerprint density at radius 1 is 1.17 bits per heavy atom. The molecule has 0 spiro atoms. The highest BCUT2D eigenvalue weighted by atomic mass is 19.4. The molecule has 0 aromatic heterocycles. The van der Waals surface area contributed by atoms with Crippen molar-refractivity contribution in [3.63, 3.8) is 0 Å². The Kier molecular flexibility index (Phi) is 4.87. The second-order valence-electron chi connectivity index (χ2n) is 4.60. The molecule has 2 aromatic carbocycles. The normalized spacial score (nSPS) is 11.3. The van der Waals surface area contributed by atoms with Gasteiger partial charge in [0.25, 0.3) is 0 Å². The molecule has 0 atom stereocenters. The maximum atomic E-state index is 12.3. The second kappa shape index (κ2) is 6.67. The van der Waals surface area contributed by atoms with Gasteiger partial charge >= 0.3 is 12.3 Å². The molecule has 0 amide bonds. The van der Waals surface area contributed by atoms with Gasteiger partial charge in [-0.2, -0.15) is 0 Å². The number of halogens is 3. The SMILES string of the molecule is NNCc1ccccc1-c1ccc(OC(F)(F)F)cc1C(=O)O. The zero-order valence-corrected chi connectivity index (χ0v) is 11.7. The molecule has 4 N–H and O–H groups in total. The molecule has 5 nitrogen and oxygen atoms in total. The zero-order chi connectivity index (χ0) is 17.0. The summed E-state index contributed by atoms with van der Waals surface area (Å²) >= 11 is 0. The molecule has 23 heavy (non-hydrogen) atoms. The lowest BCUT2D eigenvalue weighted by molar-refractivity contribution is -0.274. The Labute approximate surface area is 129 Å². The van der Waals surface area contributed by atoms with E-state index in [0.29, 0.717) is 11.1 Å². The third-order valence-corrected chi connectivity index (χ3v) is 3.06. The fourth-order valence-corrected chi connectivity index (χ4v) is 2.18. The van der Waals surface area contributed by atoms with Crippen molar-refractivity contribution in [2.24, 2.45) is 5.84 Å². The number of carbonyl (C=O) groups is 1. The van der Waals surface area contributed by atoms with Crippen molar-refractivity contribution in [1.82, 2.24) is 5.43 Å². The summed E-state index contributed by atoms with van der Waals surface area (Å²) in [5.74, 6) is 3.34. The summed E-state index contributed by atoms with van der Waals surface area (Å²) < 4.78 is 40.6. The van der Waals surface area contributed by atoms with Crippen LogP contribution in [0.4, 0.5) is 13.2 Å². The van der Waals surface area contributed by atoms with Gasteiger partial charge in [0.2, 0.25) is 0 Å². The van der Waals surface area contributed by atoms with Crippen LogP contribution in [0.3, 0.4) is 0 Å². The number of rotatable bonds is 5. The van der Waals surface area contributed by atoms with Crippen LogP contribution in [-0.4, -0.2) is 17.4 Å². The Balaban J connectivity index is 2.53. The predicted molar refractivity (Wildman–Crippen MR) is 76.5 cm³/mol. The number of benzene rings is 2. The summed E-state index contributed by atoms with van der Waals surface area (Å²) in [7, 11) is 0. The Bertz CT molecular complexity index is 717. The topological polar surface area (TPSA) is 84.6 Å². The van der Waals surface area contributed by atoms with Crippen LogP contribution >= 0.6 is 0 Å². The fourth-order valence-electron chi connectivity index (χ4n) is 2.18. The summed E-state index contributed by atoms with van der Waals surface area (Å²) in [4.78, 5) is 11.4. The number of nitrogens with one attached hydrogen (secondary N) is 1. The maximum Gasteiger partial charge on any atom is 0.573 e. The first-order valence-corrected chi connectivity index (χ1v) is 6.46. The molecular formula is C15H13F3N2O3. The van der Waals surface area contributed by atoms with Crippen LogP contribution in [0.1, 0.15) is 15.9 Å². The van der Waals surface area contributed by atoms with Gasteiger partial charge in [-0.3, -0.25) is 11.3 Å². The molecule has 0 fully saturated rings. The number of hydrogen-bond acceptors (Lipinski definition) is 4. The van der Waals surface area contributed by atoms with E-state index < -0.39 is 18.1 Å². The lowest BCUT2D eigenvalue weighted by atomic mass is 9.95. The van der Waals surface area contributed by atoms with Crippen LogP contribution in [-0.2, 0) is 6.54 Å². The Morgan fingerprint density at radius 3 is 2.48 bits per heavy atom. The molecule has 0 aliphatic heterocycles. The third kappa shape index (κ3) is 4.21. The minimum atomic E-state index is -4.89. The van der Waals surface area contributed by atoms with Crippen LogP contribution < -0.4 is 16.0 Å². The van der Waals surface area contributed by atoms with Gasteiger partial charge < -0.3 is 9.84 Å². The molecule has 0 aliphatic carbocycles. The molecule has 0 heterocycles. The van der Waals surface area contributed by atoms with Crippen molar-refractivity contribution >= 4 is 5.97 Å². The van der Waals surface area contributed by atoms with Gasteiger partial charge in [0, 0.05) is 6.54 Å². The van der Waals surface area contributed by atoms with E-state index in [2.05, 4.69) is 10.2 Å². The van der Waals surface area contributed by atoms with Crippen molar-refractivity contribution in [3.8, 4) is 16.9 Å². The highest BCUT2D eigenvalue weighted by Gasteiger charge is 2.31. The summed E-state index contributed by atoms with van der Waals surface area (Å²) in [5, 5.41) is 9.29. The quantitative estimate of drug-likeness (QED) is 0.581. The van der Waals surface area contributed by atoms with Gasteiger partial charge in [0.05, 0.1) is 5.56 Å². The highest BCUT2D eigenvalue weighted by molar-refractivity contribution is 5.97. The van der Waals surface area contributed by atoms with Crippen molar-refractivity contribution in [2.45, 2.75) is 12.9 Å². The summed E-state index contributed by atoms with van der Waals surface area (Å²) in [5.41, 5.74) is 3.71. The van der Waals surface area contributed by atoms with Gasteiger partial charge in [-0.25, -0.2) is 4.79 Å². The van der Waals surface area contributed by atoms with Crippen LogP contribution in [0.5, 0.6) is 5.75 Å². The number of alkyl halides is 3. The first-order valence-electron chi connectivity index (χ1n) is 6.46. The van der Waals surface area contributed by atoms with Crippen LogP contribution in [0.2, 0.25) is 0 Å². The van der Waals surface area contributed by atoms with E-state index in [9.17, 15) is 23.1 Å². The molecule has 0 bridgehead atoms. The zero-order valence-electron chi connectivity index (χ0n) is 11.7. The van der Waals surface area contributed by atoms with Gasteiger partial charge in [0.1, 0.15) is 5.75 Å². The van der Waals surface area contributed by atoms with Crippen LogP contribution in [0.15, 0.2) is 42.5 Å². The number of ether oxygens (including phenoxy) is 1. The molecule has 0 aliphatic rings.